The molecule has 0 bridgehead atoms. The third kappa shape index (κ3) is 3.87. The number of nitrogens with zero attached hydrogens (tertiary/aromatic N) is 4. The van der Waals surface area contributed by atoms with Gasteiger partial charge in [0.05, 0.1) is 13.1 Å². The first kappa shape index (κ1) is 18.2. The number of aromatic nitrogens is 4. The second-order valence-corrected chi connectivity index (χ2v) is 8.83. The fourth-order valence-corrected chi connectivity index (χ4v) is 4.31. The molecular formula is C20H28FN7S. The van der Waals surface area contributed by atoms with Gasteiger partial charge in [0, 0.05) is 32.7 Å². The monoisotopic (exact) mass is 417 g/mol. The Morgan fingerprint density at radius 3 is 2.62 bits per heavy atom. The summed E-state index contributed by atoms with van der Waals surface area (Å²) in [4.78, 5) is 12.3. The second kappa shape index (κ2) is 6.91. The lowest BCUT2D eigenvalue weighted by Crippen LogP contribution is -2.60. The van der Waals surface area contributed by atoms with E-state index in [0.717, 1.165) is 29.2 Å². The first-order chi connectivity index (χ1) is 14.0. The number of hydrogen-bond acceptors (Lipinski definition) is 7. The van der Waals surface area contributed by atoms with Crippen LogP contribution in [-0.2, 0) is 0 Å². The lowest BCUT2D eigenvalue weighted by atomic mass is 9.91. The van der Waals surface area contributed by atoms with Gasteiger partial charge in [-0.15, -0.1) is 0 Å². The third-order valence-corrected chi connectivity index (χ3v) is 6.16. The van der Waals surface area contributed by atoms with E-state index in [4.69, 9.17) is 5.73 Å². The Bertz CT molecular complexity index is 1040. The molecule has 0 atom stereocenters. The highest BCUT2D eigenvalue weighted by Crippen LogP contribution is 2.48. The van der Waals surface area contributed by atoms with Crippen LogP contribution < -0.4 is 16.0 Å². The topological polar surface area (TPSA) is 95.8 Å². The van der Waals surface area contributed by atoms with Crippen molar-refractivity contribution in [1.29, 1.82) is 0 Å². The molecule has 9 heteroatoms. The van der Waals surface area contributed by atoms with E-state index in [1.807, 2.05) is 48.2 Å². The zero-order valence-corrected chi connectivity index (χ0v) is 16.8. The summed E-state index contributed by atoms with van der Waals surface area (Å²) in [7, 11) is 0. The van der Waals surface area contributed by atoms with Crippen LogP contribution in [0, 0.1) is 12.8 Å². The molecule has 1 saturated heterocycles. The predicted molar refractivity (Wildman–Crippen MR) is 119 cm³/mol. The molecular weight excluding hydrogens is 389 g/mol. The van der Waals surface area contributed by atoms with Gasteiger partial charge >= 0.3 is 0 Å². The fraction of sp³-hybridized carbons (Fsp3) is 0.350. The van der Waals surface area contributed by atoms with Crippen LogP contribution in [0.15, 0.2) is 46.5 Å². The first-order valence-corrected chi connectivity index (χ1v) is 10.4. The lowest BCUT2D eigenvalue weighted by molar-refractivity contribution is 0.0924. The number of H-pyrrole nitrogens is 1. The van der Waals surface area contributed by atoms with Crippen LogP contribution >= 0.6 is 11.8 Å². The van der Waals surface area contributed by atoms with Crippen LogP contribution in [0.2, 0.25) is 0 Å². The van der Waals surface area contributed by atoms with E-state index in [2.05, 4.69) is 25.5 Å². The largest absolute Gasteiger partial charge is 0.399 e. The number of rotatable bonds is 6. The maximum atomic E-state index is 14.8. The summed E-state index contributed by atoms with van der Waals surface area (Å²) in [5, 5.41) is 10.9. The number of nitrogen functional groups attached to an aromatic ring is 1. The zero-order chi connectivity index (χ0) is 20.0. The maximum absolute atomic E-state index is 14.8. The summed E-state index contributed by atoms with van der Waals surface area (Å²) in [6.45, 7) is 2.72. The van der Waals surface area contributed by atoms with Crippen molar-refractivity contribution < 1.29 is 8.67 Å². The normalized spacial score (nSPS) is 17.8. The number of nitrogens with two attached hydrogens (primary N) is 1. The van der Waals surface area contributed by atoms with E-state index in [9.17, 15) is 4.39 Å². The Hall–Kier alpha value is -2.81. The highest BCUT2D eigenvalue weighted by atomic mass is 32.2. The van der Waals surface area contributed by atoms with Crippen molar-refractivity contribution in [2.45, 2.75) is 35.5 Å². The van der Waals surface area contributed by atoms with Crippen LogP contribution in [0.5, 0.6) is 0 Å². The van der Waals surface area contributed by atoms with Crippen molar-refractivity contribution in [1.82, 2.24) is 20.2 Å². The molecule has 2 aliphatic rings. The van der Waals surface area contributed by atoms with Crippen LogP contribution in [0.25, 0.3) is 0 Å². The quantitative estimate of drug-likeness (QED) is 0.396. The summed E-state index contributed by atoms with van der Waals surface area (Å²) < 4.78 is 14.8. The van der Waals surface area contributed by atoms with Crippen LogP contribution in [-0.4, -0.2) is 38.9 Å². The Kier molecular flexibility index (Phi) is 4.34. The average Bonchev–Trinajstić information content (AvgIpc) is 3.44. The molecule has 3 aromatic rings. The molecule has 2 aromatic heterocycles. The predicted octanol–water partition coefficient (Wildman–Crippen LogP) is 4.66. The molecule has 29 heavy (non-hydrogen) atoms. The van der Waals surface area contributed by atoms with E-state index in [1.54, 1.807) is 0 Å². The Balaban J connectivity index is 0.00000121. The number of anilines is 4. The second-order valence-electron chi connectivity index (χ2n) is 7.79. The summed E-state index contributed by atoms with van der Waals surface area (Å²) >= 11 is 1.44. The van der Waals surface area contributed by atoms with Crippen molar-refractivity contribution in [2.24, 2.45) is 5.92 Å². The molecule has 2 fully saturated rings. The Labute approximate surface area is 176 Å². The summed E-state index contributed by atoms with van der Waals surface area (Å²) in [5.74, 6) is 2.25. The summed E-state index contributed by atoms with van der Waals surface area (Å²) in [6.07, 6.45) is 2.00. The first-order valence-electron chi connectivity index (χ1n) is 9.62. The van der Waals surface area contributed by atoms with Crippen molar-refractivity contribution in [3.05, 3.63) is 42.1 Å². The highest BCUT2D eigenvalue weighted by molar-refractivity contribution is 7.99. The van der Waals surface area contributed by atoms with E-state index in [1.165, 1.54) is 11.8 Å². The standard InChI is InChI=1S/C20H22FN7S.3H2/c1-12-8-17(27-26-12)23-16-9-18(28-10-20(21,11-28)13-2-3-13)25-19(24-16)29-15-6-4-14(22)5-7-15;;;/h4-9,13H,2-3,10-11,22H2,1H3,(H2,23,24,25,26,27);3*1H. The minimum Gasteiger partial charge on any atom is -0.399 e. The molecule has 4 N–H and O–H groups in total. The molecule has 0 unspecified atom stereocenters. The van der Waals surface area contributed by atoms with Crippen molar-refractivity contribution in [2.75, 3.05) is 29.0 Å². The van der Waals surface area contributed by atoms with Gasteiger partial charge in [0.2, 0.25) is 0 Å². The molecule has 0 spiro atoms. The molecule has 5 rings (SSSR count). The lowest BCUT2D eigenvalue weighted by Gasteiger charge is -2.45. The number of alkyl halides is 1. The average molecular weight is 418 g/mol. The maximum Gasteiger partial charge on any atom is 0.196 e. The minimum atomic E-state index is -1.07. The van der Waals surface area contributed by atoms with Gasteiger partial charge in [-0.1, -0.05) is 0 Å². The SMILES string of the molecule is Cc1cc(Nc2cc(N3CC(F)(C4CC4)C3)nc(Sc3ccc(N)cc3)n2)n[nH]1.[HH].[HH].[HH]. The number of hydrogen-bond donors (Lipinski definition) is 3. The molecule has 0 radical (unpaired) electrons. The molecule has 1 saturated carbocycles. The molecule has 7 nitrogen and oxygen atoms in total. The van der Waals surface area contributed by atoms with E-state index in [-0.39, 0.29) is 10.2 Å². The molecule has 0 amide bonds. The molecule has 1 aliphatic carbocycles. The zero-order valence-electron chi connectivity index (χ0n) is 16.0. The van der Waals surface area contributed by atoms with Crippen LogP contribution in [0.1, 0.15) is 22.8 Å². The van der Waals surface area contributed by atoms with Gasteiger partial charge in [0.25, 0.3) is 0 Å². The summed E-state index contributed by atoms with van der Waals surface area (Å²) in [6, 6.07) is 11.3. The number of nitrogens with one attached hydrogen (secondary N) is 2. The molecule has 1 aromatic carbocycles. The van der Waals surface area contributed by atoms with Crippen molar-refractivity contribution in [3.63, 3.8) is 0 Å². The Morgan fingerprint density at radius 2 is 1.97 bits per heavy atom. The van der Waals surface area contributed by atoms with Gasteiger partial charge in [-0.05, 0) is 61.7 Å². The highest BCUT2D eigenvalue weighted by Gasteiger charge is 2.54. The van der Waals surface area contributed by atoms with E-state index >= 15 is 0 Å². The van der Waals surface area contributed by atoms with Gasteiger partial charge in [0.1, 0.15) is 17.3 Å². The number of benzene rings is 1. The Morgan fingerprint density at radius 1 is 1.21 bits per heavy atom. The molecule has 1 aliphatic heterocycles. The van der Waals surface area contributed by atoms with Gasteiger partial charge in [0.15, 0.2) is 11.0 Å². The third-order valence-electron chi connectivity index (χ3n) is 5.28. The minimum absolute atomic E-state index is 0. The van der Waals surface area contributed by atoms with Crippen LogP contribution in [0.4, 0.5) is 27.5 Å². The molecule has 3 heterocycles. The smallest absolute Gasteiger partial charge is 0.196 e. The van der Waals surface area contributed by atoms with Gasteiger partial charge in [-0.2, -0.15) is 5.10 Å². The van der Waals surface area contributed by atoms with Crippen molar-refractivity contribution in [3.8, 4) is 0 Å². The van der Waals surface area contributed by atoms with E-state index in [0.29, 0.717) is 35.6 Å². The van der Waals surface area contributed by atoms with Gasteiger partial charge in [-0.3, -0.25) is 5.10 Å². The van der Waals surface area contributed by atoms with Crippen molar-refractivity contribution >= 4 is 34.9 Å². The van der Waals surface area contributed by atoms with Gasteiger partial charge in [-0.25, -0.2) is 14.4 Å². The van der Waals surface area contributed by atoms with Crippen LogP contribution in [0.3, 0.4) is 0 Å². The van der Waals surface area contributed by atoms with E-state index < -0.39 is 5.67 Å². The molecule has 156 valence electrons. The number of aryl methyl sites for hydroxylation is 1. The fourth-order valence-electron chi connectivity index (χ4n) is 3.55. The number of aromatic amines is 1. The van der Waals surface area contributed by atoms with Gasteiger partial charge < -0.3 is 16.0 Å². The summed E-state index contributed by atoms with van der Waals surface area (Å²) in [5.41, 5.74) is 6.37. The number of halogens is 1.